The topological polar surface area (TPSA) is 9.23 Å². The Kier molecular flexibility index (Phi) is 5.50. The van der Waals surface area contributed by atoms with Gasteiger partial charge in [0.15, 0.2) is 0 Å². The van der Waals surface area contributed by atoms with Crippen molar-refractivity contribution >= 4 is 27.5 Å². The fourth-order valence-corrected chi connectivity index (χ4v) is 3.15. The number of aryl methyl sites for hydroxylation is 1. The summed E-state index contributed by atoms with van der Waals surface area (Å²) in [4.78, 5) is 0. The number of halogens is 2. The van der Waals surface area contributed by atoms with Crippen LogP contribution in [0.4, 0.5) is 0 Å². The molecule has 2 aromatic rings. The van der Waals surface area contributed by atoms with E-state index in [0.29, 0.717) is 11.8 Å². The molecule has 0 aliphatic carbocycles. The van der Waals surface area contributed by atoms with E-state index >= 15 is 0 Å². The second-order valence-corrected chi connectivity index (χ2v) is 6.09. The molecular formula is C17H18BrClO. The minimum absolute atomic E-state index is 0.293. The number of hydrogen-bond donors (Lipinski definition) is 0. The normalized spacial score (nSPS) is 12.2. The Bertz CT molecular complexity index is 583. The second-order valence-electron chi connectivity index (χ2n) is 4.87. The van der Waals surface area contributed by atoms with E-state index in [-0.39, 0.29) is 0 Å². The molecule has 0 N–H and O–H groups in total. The lowest BCUT2D eigenvalue weighted by Crippen LogP contribution is -2.07. The molecule has 20 heavy (non-hydrogen) atoms. The van der Waals surface area contributed by atoms with Gasteiger partial charge < -0.3 is 4.74 Å². The van der Waals surface area contributed by atoms with E-state index in [4.69, 9.17) is 16.3 Å². The van der Waals surface area contributed by atoms with Crippen LogP contribution in [-0.2, 0) is 6.42 Å². The largest absolute Gasteiger partial charge is 0.496 e. The molecule has 0 saturated heterocycles. The number of benzene rings is 2. The summed E-state index contributed by atoms with van der Waals surface area (Å²) in [6, 6.07) is 14.5. The highest BCUT2D eigenvalue weighted by Crippen LogP contribution is 2.31. The highest BCUT2D eigenvalue weighted by Gasteiger charge is 2.16. The molecule has 0 amide bonds. The molecule has 2 aromatic carbocycles. The molecule has 0 aliphatic heterocycles. The number of methoxy groups -OCH3 is 1. The molecule has 0 heterocycles. The fourth-order valence-electron chi connectivity index (χ4n) is 2.46. The van der Waals surface area contributed by atoms with Crippen LogP contribution < -0.4 is 4.74 Å². The predicted octanol–water partition coefficient (Wildman–Crippen LogP) is 5.33. The lowest BCUT2D eigenvalue weighted by atomic mass is 9.90. The maximum Gasteiger partial charge on any atom is 0.122 e. The molecule has 0 fully saturated rings. The van der Waals surface area contributed by atoms with E-state index in [2.05, 4.69) is 53.2 Å². The molecule has 1 atom stereocenters. The van der Waals surface area contributed by atoms with Gasteiger partial charge in [0.2, 0.25) is 0 Å². The number of ether oxygens (including phenoxy) is 1. The molecule has 106 valence electrons. The van der Waals surface area contributed by atoms with Crippen LogP contribution in [0, 0.1) is 6.92 Å². The third-order valence-corrected chi connectivity index (χ3v) is 4.39. The summed E-state index contributed by atoms with van der Waals surface area (Å²) in [6.45, 7) is 2.13. The summed E-state index contributed by atoms with van der Waals surface area (Å²) in [5, 5.41) is 0. The van der Waals surface area contributed by atoms with Gasteiger partial charge in [0, 0.05) is 16.3 Å². The minimum atomic E-state index is 0.293. The average Bonchev–Trinajstić information content (AvgIpc) is 2.46. The van der Waals surface area contributed by atoms with E-state index in [9.17, 15) is 0 Å². The van der Waals surface area contributed by atoms with Gasteiger partial charge in [-0.05, 0) is 48.2 Å². The highest BCUT2D eigenvalue weighted by molar-refractivity contribution is 9.10. The van der Waals surface area contributed by atoms with E-state index < -0.39 is 0 Å². The van der Waals surface area contributed by atoms with Gasteiger partial charge >= 0.3 is 0 Å². The first-order chi connectivity index (χ1) is 9.65. The van der Waals surface area contributed by atoms with Crippen LogP contribution in [0.5, 0.6) is 5.75 Å². The van der Waals surface area contributed by atoms with Crippen LogP contribution in [0.1, 0.15) is 22.6 Å². The van der Waals surface area contributed by atoms with Crippen molar-refractivity contribution in [3.63, 3.8) is 0 Å². The lowest BCUT2D eigenvalue weighted by molar-refractivity contribution is 0.408. The fraction of sp³-hybridized carbons (Fsp3) is 0.294. The quantitative estimate of drug-likeness (QED) is 0.660. The van der Waals surface area contributed by atoms with Crippen LogP contribution >= 0.6 is 27.5 Å². The molecular weight excluding hydrogens is 336 g/mol. The Labute approximate surface area is 134 Å². The Hall–Kier alpha value is -0.990. The van der Waals surface area contributed by atoms with Gasteiger partial charge in [0.25, 0.3) is 0 Å². The van der Waals surface area contributed by atoms with Crippen molar-refractivity contribution in [2.24, 2.45) is 0 Å². The highest BCUT2D eigenvalue weighted by atomic mass is 79.9. The number of hydrogen-bond acceptors (Lipinski definition) is 1. The van der Waals surface area contributed by atoms with Crippen molar-refractivity contribution in [3.8, 4) is 5.75 Å². The zero-order chi connectivity index (χ0) is 14.5. The monoisotopic (exact) mass is 352 g/mol. The molecule has 0 radical (unpaired) electrons. The summed E-state index contributed by atoms with van der Waals surface area (Å²) in [5.41, 5.74) is 3.77. The zero-order valence-corrected chi connectivity index (χ0v) is 14.0. The maximum atomic E-state index is 6.21. The first-order valence-electron chi connectivity index (χ1n) is 6.59. The van der Waals surface area contributed by atoms with Gasteiger partial charge in [-0.3, -0.25) is 0 Å². The third-order valence-electron chi connectivity index (χ3n) is 3.52. The molecule has 3 heteroatoms. The first-order valence-corrected chi connectivity index (χ1v) is 7.92. The molecule has 0 aromatic heterocycles. The molecule has 0 aliphatic rings. The van der Waals surface area contributed by atoms with Crippen LogP contribution in [-0.4, -0.2) is 13.0 Å². The molecule has 0 bridgehead atoms. The summed E-state index contributed by atoms with van der Waals surface area (Å²) in [7, 11) is 1.70. The lowest BCUT2D eigenvalue weighted by Gasteiger charge is -2.18. The van der Waals surface area contributed by atoms with E-state index in [1.54, 1.807) is 7.11 Å². The standard InChI is InChI=1S/C17H18BrClO/c1-12-5-3-4-6-16(12)14(11-19)9-13-10-15(18)7-8-17(13)20-2/h3-8,10,14H,9,11H2,1-2H3. The van der Waals surface area contributed by atoms with Gasteiger partial charge in [0.05, 0.1) is 7.11 Å². The third kappa shape index (κ3) is 3.56. The van der Waals surface area contributed by atoms with Gasteiger partial charge in [-0.2, -0.15) is 0 Å². The summed E-state index contributed by atoms with van der Waals surface area (Å²) in [5.74, 6) is 1.80. The first kappa shape index (κ1) is 15.4. The molecule has 0 saturated carbocycles. The van der Waals surface area contributed by atoms with Crippen molar-refractivity contribution in [1.29, 1.82) is 0 Å². The molecule has 2 rings (SSSR count). The summed E-state index contributed by atoms with van der Waals surface area (Å²) >= 11 is 9.73. The zero-order valence-electron chi connectivity index (χ0n) is 11.7. The van der Waals surface area contributed by atoms with Crippen LogP contribution in [0.25, 0.3) is 0 Å². The molecule has 1 nitrogen and oxygen atoms in total. The van der Waals surface area contributed by atoms with E-state index in [1.165, 1.54) is 16.7 Å². The summed E-state index contributed by atoms with van der Waals surface area (Å²) in [6.07, 6.45) is 0.872. The van der Waals surface area contributed by atoms with Crippen molar-refractivity contribution in [3.05, 3.63) is 63.6 Å². The van der Waals surface area contributed by atoms with Crippen LogP contribution in [0.3, 0.4) is 0 Å². The summed E-state index contributed by atoms with van der Waals surface area (Å²) < 4.78 is 6.51. The van der Waals surface area contributed by atoms with Crippen molar-refractivity contribution in [2.75, 3.05) is 13.0 Å². The van der Waals surface area contributed by atoms with Gasteiger partial charge in [0.1, 0.15) is 5.75 Å². The average molecular weight is 354 g/mol. The van der Waals surface area contributed by atoms with E-state index in [0.717, 1.165) is 16.6 Å². The van der Waals surface area contributed by atoms with Crippen molar-refractivity contribution in [2.45, 2.75) is 19.3 Å². The Morgan fingerprint density at radius 2 is 1.95 bits per heavy atom. The van der Waals surface area contributed by atoms with Gasteiger partial charge in [-0.1, -0.05) is 40.2 Å². The second kappa shape index (κ2) is 7.14. The smallest absolute Gasteiger partial charge is 0.122 e. The van der Waals surface area contributed by atoms with Gasteiger partial charge in [-0.25, -0.2) is 0 Å². The SMILES string of the molecule is COc1ccc(Br)cc1CC(CCl)c1ccccc1C. The van der Waals surface area contributed by atoms with Crippen molar-refractivity contribution < 1.29 is 4.74 Å². The van der Waals surface area contributed by atoms with Crippen LogP contribution in [0.2, 0.25) is 0 Å². The minimum Gasteiger partial charge on any atom is -0.496 e. The maximum absolute atomic E-state index is 6.21. The Morgan fingerprint density at radius 3 is 2.60 bits per heavy atom. The number of alkyl halides is 1. The van der Waals surface area contributed by atoms with Crippen LogP contribution in [0.15, 0.2) is 46.9 Å². The van der Waals surface area contributed by atoms with Gasteiger partial charge in [-0.15, -0.1) is 11.6 Å². The Morgan fingerprint density at radius 1 is 1.20 bits per heavy atom. The number of rotatable bonds is 5. The molecule has 1 unspecified atom stereocenters. The van der Waals surface area contributed by atoms with Crippen molar-refractivity contribution in [1.82, 2.24) is 0 Å². The predicted molar refractivity (Wildman–Crippen MR) is 89.0 cm³/mol. The molecule has 0 spiro atoms. The Balaban J connectivity index is 2.31. The van der Waals surface area contributed by atoms with E-state index in [1.807, 2.05) is 12.1 Å².